The molecule has 0 aliphatic rings. The first-order valence-electron chi connectivity index (χ1n) is 7.64. The van der Waals surface area contributed by atoms with Crippen LogP contribution in [0.25, 0.3) is 5.65 Å². The summed E-state index contributed by atoms with van der Waals surface area (Å²) in [4.78, 5) is 14.8. The second kappa shape index (κ2) is 7.39. The number of rotatable bonds is 5. The Kier molecular flexibility index (Phi) is 4.84. The van der Waals surface area contributed by atoms with Crippen LogP contribution in [-0.4, -0.2) is 32.5 Å². The van der Waals surface area contributed by atoms with Gasteiger partial charge in [-0.3, -0.25) is 19.5 Å². The molecule has 0 aliphatic heterocycles. The number of aliphatic imine (C=N–C) groups is 1. The van der Waals surface area contributed by atoms with Crippen LogP contribution in [0.15, 0.2) is 53.7 Å². The Bertz CT molecular complexity index is 919. The van der Waals surface area contributed by atoms with Gasteiger partial charge in [0.05, 0.1) is 11.5 Å². The molecule has 0 spiro atoms. The van der Waals surface area contributed by atoms with E-state index in [0.717, 1.165) is 11.5 Å². The van der Waals surface area contributed by atoms with E-state index < -0.39 is 4.92 Å². The summed E-state index contributed by atoms with van der Waals surface area (Å²) in [5, 5.41) is 25.5. The van der Waals surface area contributed by atoms with E-state index in [0.29, 0.717) is 18.1 Å². The third-order valence-electron chi connectivity index (χ3n) is 3.66. The van der Waals surface area contributed by atoms with Crippen molar-refractivity contribution in [2.75, 3.05) is 7.05 Å². The summed E-state index contributed by atoms with van der Waals surface area (Å²) in [6.45, 7) is 0.707. The number of hydrogen-bond acceptors (Lipinski definition) is 5. The van der Waals surface area contributed by atoms with E-state index in [1.807, 2.05) is 28.8 Å². The van der Waals surface area contributed by atoms with Gasteiger partial charge in [0, 0.05) is 31.4 Å². The fraction of sp³-hybridized carbons (Fsp3) is 0.188. The summed E-state index contributed by atoms with van der Waals surface area (Å²) in [7, 11) is 1.64. The predicted octanol–water partition coefficient (Wildman–Crippen LogP) is 1.50. The Hall–Kier alpha value is -3.49. The standard InChI is InChI=1S/C16H17N7O2/c1-17-16(18-10-12-6-2-3-7-13(12)23(24)25)19-11-15-21-20-14-8-4-5-9-22(14)15/h2-9H,10-11H2,1H3,(H2,17,18,19). The summed E-state index contributed by atoms with van der Waals surface area (Å²) in [5.74, 6) is 1.26. The lowest BCUT2D eigenvalue weighted by Gasteiger charge is -2.11. The van der Waals surface area contributed by atoms with Crippen LogP contribution in [0.5, 0.6) is 0 Å². The Morgan fingerprint density at radius 3 is 2.72 bits per heavy atom. The highest BCUT2D eigenvalue weighted by Gasteiger charge is 2.12. The van der Waals surface area contributed by atoms with Crippen LogP contribution in [0.2, 0.25) is 0 Å². The Balaban J connectivity index is 1.63. The molecule has 2 N–H and O–H groups in total. The molecule has 1 aromatic carbocycles. The molecule has 0 amide bonds. The molecule has 0 radical (unpaired) electrons. The zero-order valence-electron chi connectivity index (χ0n) is 13.6. The number of nitrogens with zero attached hydrogens (tertiary/aromatic N) is 5. The number of para-hydroxylation sites is 1. The molecule has 9 heteroatoms. The molecule has 3 rings (SSSR count). The van der Waals surface area contributed by atoms with E-state index in [1.54, 1.807) is 25.2 Å². The number of guanidine groups is 1. The largest absolute Gasteiger partial charge is 0.352 e. The van der Waals surface area contributed by atoms with Gasteiger partial charge in [0.15, 0.2) is 17.4 Å². The quantitative estimate of drug-likeness (QED) is 0.315. The molecular formula is C16H17N7O2. The number of nitro benzene ring substituents is 1. The van der Waals surface area contributed by atoms with Gasteiger partial charge in [-0.2, -0.15) is 0 Å². The van der Waals surface area contributed by atoms with Crippen molar-refractivity contribution in [2.45, 2.75) is 13.1 Å². The Labute approximate surface area is 143 Å². The predicted molar refractivity (Wildman–Crippen MR) is 93.1 cm³/mol. The summed E-state index contributed by atoms with van der Waals surface area (Å²) in [6.07, 6.45) is 1.88. The molecular weight excluding hydrogens is 322 g/mol. The van der Waals surface area contributed by atoms with Crippen molar-refractivity contribution in [3.8, 4) is 0 Å². The van der Waals surface area contributed by atoms with Crippen molar-refractivity contribution in [3.63, 3.8) is 0 Å². The Morgan fingerprint density at radius 2 is 1.92 bits per heavy atom. The molecule has 9 nitrogen and oxygen atoms in total. The lowest BCUT2D eigenvalue weighted by molar-refractivity contribution is -0.385. The molecule has 0 unspecified atom stereocenters. The molecule has 128 valence electrons. The van der Waals surface area contributed by atoms with Crippen molar-refractivity contribution in [1.29, 1.82) is 0 Å². The summed E-state index contributed by atoms with van der Waals surface area (Å²) >= 11 is 0. The van der Waals surface area contributed by atoms with Gasteiger partial charge >= 0.3 is 0 Å². The third kappa shape index (κ3) is 3.71. The number of pyridine rings is 1. The van der Waals surface area contributed by atoms with Gasteiger partial charge in [-0.25, -0.2) is 0 Å². The van der Waals surface area contributed by atoms with E-state index in [4.69, 9.17) is 0 Å². The minimum absolute atomic E-state index is 0.0777. The van der Waals surface area contributed by atoms with E-state index >= 15 is 0 Å². The van der Waals surface area contributed by atoms with Crippen LogP contribution in [0, 0.1) is 10.1 Å². The second-order valence-electron chi connectivity index (χ2n) is 5.21. The SMILES string of the molecule is CN=C(NCc1ccccc1[N+](=O)[O-])NCc1nnc2ccccn12. The van der Waals surface area contributed by atoms with Crippen molar-refractivity contribution in [3.05, 3.63) is 70.2 Å². The summed E-state index contributed by atoms with van der Waals surface area (Å²) in [5.41, 5.74) is 1.43. The number of nitro groups is 1. The van der Waals surface area contributed by atoms with Gasteiger partial charge in [-0.05, 0) is 12.1 Å². The van der Waals surface area contributed by atoms with Gasteiger partial charge in [0.1, 0.15) is 0 Å². The fourth-order valence-electron chi connectivity index (χ4n) is 2.41. The van der Waals surface area contributed by atoms with E-state index in [-0.39, 0.29) is 12.2 Å². The van der Waals surface area contributed by atoms with Gasteiger partial charge in [-0.1, -0.05) is 24.3 Å². The first kappa shape index (κ1) is 16.4. The zero-order chi connectivity index (χ0) is 17.6. The molecule has 0 atom stereocenters. The molecule has 25 heavy (non-hydrogen) atoms. The van der Waals surface area contributed by atoms with Crippen LogP contribution in [0.3, 0.4) is 0 Å². The van der Waals surface area contributed by atoms with E-state index in [1.165, 1.54) is 6.07 Å². The number of nitrogens with one attached hydrogen (secondary N) is 2. The minimum atomic E-state index is -0.393. The summed E-state index contributed by atoms with van der Waals surface area (Å²) in [6, 6.07) is 12.3. The monoisotopic (exact) mass is 339 g/mol. The van der Waals surface area contributed by atoms with Gasteiger partial charge < -0.3 is 10.6 Å². The van der Waals surface area contributed by atoms with Gasteiger partial charge in [-0.15, -0.1) is 10.2 Å². The highest BCUT2D eigenvalue weighted by molar-refractivity contribution is 5.79. The molecule has 0 fully saturated rings. The zero-order valence-corrected chi connectivity index (χ0v) is 13.6. The number of hydrogen-bond donors (Lipinski definition) is 2. The molecule has 0 aliphatic carbocycles. The number of fused-ring (bicyclic) bond motifs is 1. The van der Waals surface area contributed by atoms with Gasteiger partial charge in [0.2, 0.25) is 0 Å². The van der Waals surface area contributed by atoms with Crippen molar-refractivity contribution < 1.29 is 4.92 Å². The van der Waals surface area contributed by atoms with Gasteiger partial charge in [0.25, 0.3) is 5.69 Å². The first-order chi connectivity index (χ1) is 12.2. The molecule has 2 aromatic heterocycles. The first-order valence-corrected chi connectivity index (χ1v) is 7.64. The van der Waals surface area contributed by atoms with Crippen molar-refractivity contribution >= 4 is 17.3 Å². The third-order valence-corrected chi connectivity index (χ3v) is 3.66. The number of aromatic nitrogens is 3. The maximum absolute atomic E-state index is 11.1. The normalized spacial score (nSPS) is 11.5. The van der Waals surface area contributed by atoms with Crippen LogP contribution >= 0.6 is 0 Å². The molecule has 3 aromatic rings. The van der Waals surface area contributed by atoms with Crippen LogP contribution in [0.1, 0.15) is 11.4 Å². The van der Waals surface area contributed by atoms with E-state index in [9.17, 15) is 10.1 Å². The highest BCUT2D eigenvalue weighted by atomic mass is 16.6. The maximum atomic E-state index is 11.1. The van der Waals surface area contributed by atoms with Crippen LogP contribution < -0.4 is 10.6 Å². The fourth-order valence-corrected chi connectivity index (χ4v) is 2.41. The van der Waals surface area contributed by atoms with Crippen molar-refractivity contribution in [2.24, 2.45) is 4.99 Å². The summed E-state index contributed by atoms with van der Waals surface area (Å²) < 4.78 is 1.88. The highest BCUT2D eigenvalue weighted by Crippen LogP contribution is 2.16. The average molecular weight is 339 g/mol. The minimum Gasteiger partial charge on any atom is -0.352 e. The topological polar surface area (TPSA) is 110 Å². The lowest BCUT2D eigenvalue weighted by atomic mass is 10.2. The van der Waals surface area contributed by atoms with Crippen LogP contribution in [-0.2, 0) is 13.1 Å². The van der Waals surface area contributed by atoms with E-state index in [2.05, 4.69) is 25.8 Å². The molecule has 0 bridgehead atoms. The smallest absolute Gasteiger partial charge is 0.274 e. The molecule has 0 saturated heterocycles. The average Bonchev–Trinajstić information content (AvgIpc) is 3.05. The lowest BCUT2D eigenvalue weighted by Crippen LogP contribution is -2.36. The molecule has 0 saturated carbocycles. The molecule has 2 heterocycles. The van der Waals surface area contributed by atoms with Crippen molar-refractivity contribution in [1.82, 2.24) is 25.2 Å². The maximum Gasteiger partial charge on any atom is 0.274 e. The number of benzene rings is 1. The Morgan fingerprint density at radius 1 is 1.16 bits per heavy atom. The van der Waals surface area contributed by atoms with Crippen LogP contribution in [0.4, 0.5) is 5.69 Å². The second-order valence-corrected chi connectivity index (χ2v) is 5.21.